The summed E-state index contributed by atoms with van der Waals surface area (Å²) in [5.41, 5.74) is 4.07. The van der Waals surface area contributed by atoms with Crippen LogP contribution in [0.3, 0.4) is 0 Å². The van der Waals surface area contributed by atoms with Crippen LogP contribution in [-0.2, 0) is 0 Å². The Morgan fingerprint density at radius 3 is 2.50 bits per heavy atom. The summed E-state index contributed by atoms with van der Waals surface area (Å²) in [5.74, 6) is 0.755. The highest BCUT2D eigenvalue weighted by Crippen LogP contribution is 2.21. The van der Waals surface area contributed by atoms with E-state index in [1.54, 1.807) is 7.05 Å². The summed E-state index contributed by atoms with van der Waals surface area (Å²) >= 11 is 0. The molecular formula is C18H20N2. The van der Waals surface area contributed by atoms with Crippen LogP contribution in [0, 0.1) is 0 Å². The van der Waals surface area contributed by atoms with Gasteiger partial charge < -0.3 is 0 Å². The third kappa shape index (κ3) is 3.41. The molecule has 0 fully saturated rings. The maximum absolute atomic E-state index is 4.63. The van der Waals surface area contributed by atoms with Gasteiger partial charge in [-0.15, -0.1) is 0 Å². The Labute approximate surface area is 121 Å². The van der Waals surface area contributed by atoms with Crippen LogP contribution in [0.4, 0.5) is 0 Å². The number of rotatable bonds is 3. The van der Waals surface area contributed by atoms with E-state index >= 15 is 0 Å². The molecule has 0 radical (unpaired) electrons. The van der Waals surface area contributed by atoms with Gasteiger partial charge in [0.2, 0.25) is 0 Å². The lowest BCUT2D eigenvalue weighted by atomic mass is 9.93. The van der Waals surface area contributed by atoms with Crippen molar-refractivity contribution in [3.8, 4) is 0 Å². The molecule has 102 valence electrons. The second kappa shape index (κ2) is 6.80. The van der Waals surface area contributed by atoms with Gasteiger partial charge in [-0.3, -0.25) is 4.99 Å². The van der Waals surface area contributed by atoms with Gasteiger partial charge in [-0.25, -0.2) is 4.99 Å². The largest absolute Gasteiger partial charge is 0.274 e. The predicted octanol–water partition coefficient (Wildman–Crippen LogP) is 4.36. The number of benzene rings is 1. The highest BCUT2D eigenvalue weighted by atomic mass is 14.9. The van der Waals surface area contributed by atoms with Crippen LogP contribution in [-0.4, -0.2) is 18.6 Å². The number of nitrogens with zero attached hydrogens (tertiary/aromatic N) is 2. The van der Waals surface area contributed by atoms with E-state index < -0.39 is 0 Å². The first-order valence-corrected chi connectivity index (χ1v) is 6.86. The van der Waals surface area contributed by atoms with Crippen LogP contribution >= 0.6 is 0 Å². The first-order chi connectivity index (χ1) is 9.72. The Balaban J connectivity index is 2.42. The smallest absolute Gasteiger partial charge is 0.120 e. The van der Waals surface area contributed by atoms with Gasteiger partial charge in [-0.1, -0.05) is 55.1 Å². The molecule has 2 rings (SSSR count). The molecular weight excluding hydrogens is 244 g/mol. The highest BCUT2D eigenvalue weighted by Gasteiger charge is 2.12. The zero-order valence-corrected chi connectivity index (χ0v) is 12.1. The quantitative estimate of drug-likeness (QED) is 0.572. The van der Waals surface area contributed by atoms with Gasteiger partial charge in [-0.2, -0.15) is 0 Å². The van der Waals surface area contributed by atoms with Gasteiger partial charge >= 0.3 is 0 Å². The van der Waals surface area contributed by atoms with E-state index in [4.69, 9.17) is 0 Å². The van der Waals surface area contributed by atoms with Crippen LogP contribution in [0.15, 0.2) is 76.3 Å². The molecule has 0 unspecified atom stereocenters. The summed E-state index contributed by atoms with van der Waals surface area (Å²) in [4.78, 5) is 8.76. The van der Waals surface area contributed by atoms with Gasteiger partial charge in [0.15, 0.2) is 0 Å². The fourth-order valence-corrected chi connectivity index (χ4v) is 2.09. The summed E-state index contributed by atoms with van der Waals surface area (Å²) in [5, 5.41) is 0. The zero-order chi connectivity index (χ0) is 14.4. The van der Waals surface area contributed by atoms with Crippen molar-refractivity contribution in [1.29, 1.82) is 0 Å². The van der Waals surface area contributed by atoms with Gasteiger partial charge in [-0.05, 0) is 25.3 Å². The fraction of sp³-hybridized carbons (Fsp3) is 0.222. The van der Waals surface area contributed by atoms with Crippen molar-refractivity contribution < 1.29 is 0 Å². The molecule has 0 aliphatic heterocycles. The van der Waals surface area contributed by atoms with Crippen LogP contribution in [0.1, 0.15) is 25.3 Å². The highest BCUT2D eigenvalue weighted by molar-refractivity contribution is 6.19. The molecule has 2 nitrogen and oxygen atoms in total. The fourth-order valence-electron chi connectivity index (χ4n) is 2.09. The normalized spacial score (nSPS) is 16.0. The van der Waals surface area contributed by atoms with E-state index in [9.17, 15) is 0 Å². The van der Waals surface area contributed by atoms with E-state index in [2.05, 4.69) is 46.9 Å². The standard InChI is InChI=1S/C18H20N2/c1-14(16-10-6-4-7-11-16)18(20-15(2)19-3)17-12-8-5-9-13-17/h5-6,8-13H,1,4,7H2,2-3H3. The van der Waals surface area contributed by atoms with Crippen molar-refractivity contribution in [3.05, 3.63) is 71.8 Å². The minimum absolute atomic E-state index is 0.755. The Kier molecular flexibility index (Phi) is 4.83. The molecule has 0 amide bonds. The van der Waals surface area contributed by atoms with Gasteiger partial charge in [0.1, 0.15) is 5.84 Å². The van der Waals surface area contributed by atoms with Gasteiger partial charge in [0.05, 0.1) is 5.71 Å². The lowest BCUT2D eigenvalue weighted by Gasteiger charge is -2.13. The van der Waals surface area contributed by atoms with Crippen molar-refractivity contribution in [3.63, 3.8) is 0 Å². The van der Waals surface area contributed by atoms with Crippen molar-refractivity contribution in [2.24, 2.45) is 9.98 Å². The summed E-state index contributed by atoms with van der Waals surface area (Å²) in [6.07, 6.45) is 8.70. The predicted molar refractivity (Wildman–Crippen MR) is 87.6 cm³/mol. The molecule has 0 N–H and O–H groups in total. The van der Waals surface area contributed by atoms with E-state index in [0.29, 0.717) is 0 Å². The number of amidine groups is 1. The van der Waals surface area contributed by atoms with E-state index in [-0.39, 0.29) is 0 Å². The zero-order valence-electron chi connectivity index (χ0n) is 12.1. The topological polar surface area (TPSA) is 24.7 Å². The second-order valence-corrected chi connectivity index (χ2v) is 4.71. The maximum Gasteiger partial charge on any atom is 0.120 e. The molecule has 1 aromatic carbocycles. The Bertz CT molecular complexity index is 602. The van der Waals surface area contributed by atoms with Gasteiger partial charge in [0.25, 0.3) is 0 Å². The third-order valence-electron chi connectivity index (χ3n) is 3.27. The van der Waals surface area contributed by atoms with Crippen molar-refractivity contribution in [2.75, 3.05) is 7.05 Å². The lowest BCUT2D eigenvalue weighted by molar-refractivity contribution is 1.02. The third-order valence-corrected chi connectivity index (χ3v) is 3.27. The SMILES string of the molecule is C=C(C1=CCCC=C1)C(=NC(C)=NC)c1ccccc1. The Morgan fingerprint density at radius 2 is 1.90 bits per heavy atom. The molecule has 20 heavy (non-hydrogen) atoms. The van der Waals surface area contributed by atoms with E-state index in [1.807, 2.05) is 25.1 Å². The number of hydrogen-bond acceptors (Lipinski definition) is 1. The minimum atomic E-state index is 0.755. The molecule has 0 bridgehead atoms. The lowest BCUT2D eigenvalue weighted by Crippen LogP contribution is -2.09. The summed E-state index contributed by atoms with van der Waals surface area (Å²) in [6, 6.07) is 10.1. The molecule has 0 saturated carbocycles. The molecule has 1 aromatic rings. The number of aliphatic imine (C=N–C) groups is 2. The van der Waals surface area contributed by atoms with Crippen LogP contribution in [0.5, 0.6) is 0 Å². The van der Waals surface area contributed by atoms with Crippen molar-refractivity contribution >= 4 is 11.5 Å². The first-order valence-electron chi connectivity index (χ1n) is 6.86. The average Bonchev–Trinajstić information content (AvgIpc) is 2.53. The molecule has 0 heterocycles. The monoisotopic (exact) mass is 264 g/mol. The molecule has 1 aliphatic rings. The minimum Gasteiger partial charge on any atom is -0.274 e. The van der Waals surface area contributed by atoms with Gasteiger partial charge in [0, 0.05) is 18.2 Å². The van der Waals surface area contributed by atoms with Crippen molar-refractivity contribution in [1.82, 2.24) is 0 Å². The van der Waals surface area contributed by atoms with E-state index in [1.165, 1.54) is 0 Å². The first kappa shape index (κ1) is 14.2. The van der Waals surface area contributed by atoms with E-state index in [0.717, 1.165) is 41.1 Å². The molecule has 0 saturated heterocycles. The number of hydrogen-bond donors (Lipinski definition) is 0. The number of allylic oxidation sites excluding steroid dienone is 5. The molecule has 0 aromatic heterocycles. The Morgan fingerprint density at radius 1 is 1.15 bits per heavy atom. The summed E-state index contributed by atoms with van der Waals surface area (Å²) in [6.45, 7) is 6.14. The average molecular weight is 264 g/mol. The summed E-state index contributed by atoms with van der Waals surface area (Å²) < 4.78 is 0. The molecule has 1 aliphatic carbocycles. The molecule has 0 spiro atoms. The molecule has 2 heteroatoms. The second-order valence-electron chi connectivity index (χ2n) is 4.71. The maximum atomic E-state index is 4.63. The van der Waals surface area contributed by atoms with Crippen LogP contribution in [0.25, 0.3) is 0 Å². The molecule has 0 atom stereocenters. The van der Waals surface area contributed by atoms with Crippen molar-refractivity contribution in [2.45, 2.75) is 19.8 Å². The Hall–Kier alpha value is -2.22. The summed E-state index contributed by atoms with van der Waals surface area (Å²) in [7, 11) is 1.75. The van der Waals surface area contributed by atoms with Crippen LogP contribution in [0.2, 0.25) is 0 Å². The van der Waals surface area contributed by atoms with Crippen LogP contribution < -0.4 is 0 Å².